The molecule has 0 aliphatic rings. The first-order chi connectivity index (χ1) is 9.10. The van der Waals surface area contributed by atoms with Crippen LogP contribution in [0.15, 0.2) is 24.3 Å². The zero-order valence-electron chi connectivity index (χ0n) is 10.6. The molecule has 1 heterocycles. The zero-order chi connectivity index (χ0) is 13.8. The maximum Gasteiger partial charge on any atom is 0.351 e. The first-order valence-corrected chi connectivity index (χ1v) is 6.83. The molecular formula is C13H13ClN2O2S. The normalized spacial score (nSPS) is 10.3. The molecule has 1 aromatic carbocycles. The van der Waals surface area contributed by atoms with Crippen LogP contribution in [-0.4, -0.2) is 18.1 Å². The number of ether oxygens (including phenoxy) is 1. The Hall–Kier alpha value is -1.59. The monoisotopic (exact) mass is 296 g/mol. The second-order valence-electron chi connectivity index (χ2n) is 3.97. The van der Waals surface area contributed by atoms with Gasteiger partial charge in [0, 0.05) is 6.54 Å². The highest BCUT2D eigenvalue weighted by Gasteiger charge is 2.16. The summed E-state index contributed by atoms with van der Waals surface area (Å²) in [4.78, 5) is 15.8. The Bertz CT molecular complexity index is 598. The molecule has 100 valence electrons. The predicted octanol–water partition coefficient (Wildman–Crippen LogP) is 3.50. The van der Waals surface area contributed by atoms with Crippen LogP contribution in [0.5, 0.6) is 0 Å². The second kappa shape index (κ2) is 6.04. The molecule has 0 fully saturated rings. The molecule has 0 bridgehead atoms. The number of thiazole rings is 1. The van der Waals surface area contributed by atoms with Gasteiger partial charge in [-0.2, -0.15) is 0 Å². The average Bonchev–Trinajstić information content (AvgIpc) is 2.77. The number of methoxy groups -OCH3 is 1. The van der Waals surface area contributed by atoms with Gasteiger partial charge in [0.2, 0.25) is 0 Å². The molecule has 1 N–H and O–H groups in total. The summed E-state index contributed by atoms with van der Waals surface area (Å²) >= 11 is 7.07. The van der Waals surface area contributed by atoms with Crippen LogP contribution >= 0.6 is 22.9 Å². The fraction of sp³-hybridized carbons (Fsp3) is 0.231. The van der Waals surface area contributed by atoms with E-state index in [9.17, 15) is 4.79 Å². The number of nitrogens with zero attached hydrogens (tertiary/aromatic N) is 1. The van der Waals surface area contributed by atoms with Crippen molar-refractivity contribution in [2.75, 3.05) is 12.4 Å². The maximum absolute atomic E-state index is 11.4. The Balaban J connectivity index is 2.06. The number of hydrogen-bond acceptors (Lipinski definition) is 5. The van der Waals surface area contributed by atoms with Crippen molar-refractivity contribution in [1.82, 2.24) is 4.98 Å². The number of nitrogens with one attached hydrogen (secondary N) is 1. The van der Waals surface area contributed by atoms with Crippen molar-refractivity contribution >= 4 is 34.0 Å². The van der Waals surface area contributed by atoms with Crippen molar-refractivity contribution < 1.29 is 9.53 Å². The van der Waals surface area contributed by atoms with E-state index in [0.717, 1.165) is 5.56 Å². The Kier molecular flexibility index (Phi) is 4.39. The highest BCUT2D eigenvalue weighted by Crippen LogP contribution is 2.27. The molecule has 0 saturated carbocycles. The molecule has 2 rings (SSSR count). The summed E-state index contributed by atoms with van der Waals surface area (Å²) in [7, 11) is 1.32. The summed E-state index contributed by atoms with van der Waals surface area (Å²) in [5.41, 5.74) is 2.35. The van der Waals surface area contributed by atoms with Crippen LogP contribution in [0, 0.1) is 6.92 Å². The minimum absolute atomic E-state index is 0.170. The molecule has 1 aromatic heterocycles. The highest BCUT2D eigenvalue weighted by atomic mass is 35.5. The molecule has 0 saturated heterocycles. The Morgan fingerprint density at radius 3 is 3.00 bits per heavy atom. The molecule has 2 aromatic rings. The van der Waals surface area contributed by atoms with Gasteiger partial charge in [0.05, 0.1) is 7.11 Å². The van der Waals surface area contributed by atoms with Crippen LogP contribution in [0.1, 0.15) is 20.8 Å². The van der Waals surface area contributed by atoms with Crippen molar-refractivity contribution in [3.05, 3.63) is 45.4 Å². The number of halogens is 1. The molecule has 6 heteroatoms. The van der Waals surface area contributed by atoms with Gasteiger partial charge in [-0.3, -0.25) is 0 Å². The third-order valence-corrected chi connectivity index (χ3v) is 3.86. The number of benzene rings is 1. The van der Waals surface area contributed by atoms with Crippen molar-refractivity contribution in [1.29, 1.82) is 0 Å². The van der Waals surface area contributed by atoms with Crippen LogP contribution in [0.4, 0.5) is 5.13 Å². The lowest BCUT2D eigenvalue weighted by atomic mass is 10.1. The molecule has 0 unspecified atom stereocenters. The van der Waals surface area contributed by atoms with Gasteiger partial charge < -0.3 is 10.1 Å². The van der Waals surface area contributed by atoms with Gasteiger partial charge in [-0.15, -0.1) is 0 Å². The van der Waals surface area contributed by atoms with Gasteiger partial charge in [0.1, 0.15) is 0 Å². The van der Waals surface area contributed by atoms with Crippen molar-refractivity contribution in [3.8, 4) is 0 Å². The van der Waals surface area contributed by atoms with Crippen LogP contribution in [0.25, 0.3) is 0 Å². The Morgan fingerprint density at radius 2 is 2.32 bits per heavy atom. The SMILES string of the molecule is COC(=O)c1sc(NCc2cccc(C)c2)nc1Cl. The van der Waals surface area contributed by atoms with Gasteiger partial charge in [0.15, 0.2) is 15.2 Å². The molecule has 0 aliphatic heterocycles. The van der Waals surface area contributed by atoms with Crippen molar-refractivity contribution in [2.45, 2.75) is 13.5 Å². The number of aromatic nitrogens is 1. The van der Waals surface area contributed by atoms with E-state index < -0.39 is 5.97 Å². The van der Waals surface area contributed by atoms with Gasteiger partial charge in [-0.05, 0) is 12.5 Å². The molecule has 0 radical (unpaired) electrons. The topological polar surface area (TPSA) is 51.2 Å². The maximum atomic E-state index is 11.4. The standard InChI is InChI=1S/C13H13ClN2O2S/c1-8-4-3-5-9(6-8)7-15-13-16-11(14)10(19-13)12(17)18-2/h3-6H,7H2,1-2H3,(H,15,16). The molecule has 0 spiro atoms. The number of carbonyl (C=O) groups is 1. The van der Waals surface area contributed by atoms with E-state index in [2.05, 4.69) is 21.1 Å². The van der Waals surface area contributed by atoms with Gasteiger partial charge in [0.25, 0.3) is 0 Å². The quantitative estimate of drug-likeness (QED) is 0.877. The molecule has 4 nitrogen and oxygen atoms in total. The minimum atomic E-state index is -0.467. The third kappa shape index (κ3) is 3.45. The summed E-state index contributed by atoms with van der Waals surface area (Å²) in [6.07, 6.45) is 0. The number of hydrogen-bond donors (Lipinski definition) is 1. The first-order valence-electron chi connectivity index (χ1n) is 5.64. The number of aryl methyl sites for hydroxylation is 1. The zero-order valence-corrected chi connectivity index (χ0v) is 12.1. The molecular weight excluding hydrogens is 284 g/mol. The first kappa shape index (κ1) is 13.8. The number of anilines is 1. The van der Waals surface area contributed by atoms with E-state index in [-0.39, 0.29) is 5.15 Å². The summed E-state index contributed by atoms with van der Waals surface area (Å²) < 4.78 is 4.63. The predicted molar refractivity (Wildman–Crippen MR) is 77.0 cm³/mol. The number of esters is 1. The molecule has 0 amide bonds. The summed E-state index contributed by atoms with van der Waals surface area (Å²) in [5, 5.41) is 3.92. The lowest BCUT2D eigenvalue weighted by molar-refractivity contribution is 0.0606. The largest absolute Gasteiger partial charge is 0.465 e. The van der Waals surface area contributed by atoms with E-state index in [0.29, 0.717) is 16.6 Å². The van der Waals surface area contributed by atoms with Crippen LogP contribution < -0.4 is 5.32 Å². The highest BCUT2D eigenvalue weighted by molar-refractivity contribution is 7.18. The fourth-order valence-corrected chi connectivity index (χ4v) is 2.69. The summed E-state index contributed by atoms with van der Waals surface area (Å²) in [6.45, 7) is 2.67. The number of rotatable bonds is 4. The molecule has 19 heavy (non-hydrogen) atoms. The van der Waals surface area contributed by atoms with E-state index in [4.69, 9.17) is 11.6 Å². The van der Waals surface area contributed by atoms with Gasteiger partial charge in [-0.25, -0.2) is 9.78 Å². The van der Waals surface area contributed by atoms with E-state index in [1.807, 2.05) is 25.1 Å². The minimum Gasteiger partial charge on any atom is -0.465 e. The molecule has 0 atom stereocenters. The Labute approximate surface area is 120 Å². The van der Waals surface area contributed by atoms with Crippen molar-refractivity contribution in [3.63, 3.8) is 0 Å². The van der Waals surface area contributed by atoms with Crippen LogP contribution in [-0.2, 0) is 11.3 Å². The van der Waals surface area contributed by atoms with Crippen LogP contribution in [0.3, 0.4) is 0 Å². The average molecular weight is 297 g/mol. The van der Waals surface area contributed by atoms with E-state index in [1.165, 1.54) is 24.0 Å². The second-order valence-corrected chi connectivity index (χ2v) is 5.33. The smallest absolute Gasteiger partial charge is 0.351 e. The molecule has 0 aliphatic carbocycles. The summed E-state index contributed by atoms with van der Waals surface area (Å²) in [6, 6.07) is 8.15. The van der Waals surface area contributed by atoms with E-state index >= 15 is 0 Å². The van der Waals surface area contributed by atoms with E-state index in [1.54, 1.807) is 0 Å². The Morgan fingerprint density at radius 1 is 1.53 bits per heavy atom. The lowest BCUT2D eigenvalue weighted by Gasteiger charge is -2.03. The third-order valence-electron chi connectivity index (χ3n) is 2.48. The van der Waals surface area contributed by atoms with Gasteiger partial charge in [-0.1, -0.05) is 52.8 Å². The summed E-state index contributed by atoms with van der Waals surface area (Å²) in [5.74, 6) is -0.467. The van der Waals surface area contributed by atoms with Crippen LogP contribution in [0.2, 0.25) is 5.15 Å². The van der Waals surface area contributed by atoms with Crippen molar-refractivity contribution in [2.24, 2.45) is 0 Å². The number of carbonyl (C=O) groups excluding carboxylic acids is 1. The fourth-order valence-electron chi connectivity index (χ4n) is 1.60. The lowest BCUT2D eigenvalue weighted by Crippen LogP contribution is -1.98. The van der Waals surface area contributed by atoms with Gasteiger partial charge >= 0.3 is 5.97 Å².